The fraction of sp³-hybridized carbons (Fsp3) is 0.400. The maximum atomic E-state index is 11.3. The van der Waals surface area contributed by atoms with Crippen LogP contribution in [-0.4, -0.2) is 40.4 Å². The third kappa shape index (κ3) is 2.29. The van der Waals surface area contributed by atoms with E-state index in [4.69, 9.17) is 0 Å². The smallest absolute Gasteiger partial charge is 0.331 e. The molecular weight excluding hydrogens is 310 g/mol. The maximum absolute atomic E-state index is 11.3. The summed E-state index contributed by atoms with van der Waals surface area (Å²) in [5, 5.41) is 16.6. The van der Waals surface area contributed by atoms with E-state index in [1.54, 1.807) is 32.6 Å². The first-order valence-electron chi connectivity index (χ1n) is 7.70. The number of aliphatic carboxylic acids is 1. The number of aromatic nitrogens is 6. The molecule has 0 saturated heterocycles. The van der Waals surface area contributed by atoms with Crippen LogP contribution < -0.4 is 5.32 Å². The highest BCUT2D eigenvalue weighted by Gasteiger charge is 2.30. The second-order valence-corrected chi connectivity index (χ2v) is 6.44. The van der Waals surface area contributed by atoms with Crippen LogP contribution in [0.3, 0.4) is 0 Å². The summed E-state index contributed by atoms with van der Waals surface area (Å²) in [6, 6.07) is 0.483. The van der Waals surface area contributed by atoms with Crippen molar-refractivity contribution in [3.63, 3.8) is 0 Å². The number of carbonyl (C=O) groups is 1. The lowest BCUT2D eigenvalue weighted by molar-refractivity contribution is -0.146. The molecule has 0 aromatic carbocycles. The van der Waals surface area contributed by atoms with Crippen molar-refractivity contribution in [2.75, 3.05) is 5.32 Å². The SMILES string of the molecule is CC(C)(C(=O)O)n1cc(Nc2ncnc3c2ncn3C2CC2)cn1. The number of fused-ring (bicyclic) bond motifs is 1. The predicted octanol–water partition coefficient (Wildman–Crippen LogP) is 1.92. The van der Waals surface area contributed by atoms with Crippen LogP contribution >= 0.6 is 0 Å². The van der Waals surface area contributed by atoms with Gasteiger partial charge in [0, 0.05) is 12.2 Å². The van der Waals surface area contributed by atoms with Gasteiger partial charge in [-0.2, -0.15) is 5.10 Å². The van der Waals surface area contributed by atoms with Crippen molar-refractivity contribution < 1.29 is 9.90 Å². The van der Waals surface area contributed by atoms with Gasteiger partial charge in [0.1, 0.15) is 6.33 Å². The summed E-state index contributed by atoms with van der Waals surface area (Å²) in [5.74, 6) is -0.378. The van der Waals surface area contributed by atoms with Crippen molar-refractivity contribution in [1.82, 2.24) is 29.3 Å². The molecule has 1 aliphatic carbocycles. The van der Waals surface area contributed by atoms with Crippen molar-refractivity contribution in [3.8, 4) is 0 Å². The van der Waals surface area contributed by atoms with Gasteiger partial charge in [-0.15, -0.1) is 0 Å². The van der Waals surface area contributed by atoms with Gasteiger partial charge < -0.3 is 15.0 Å². The van der Waals surface area contributed by atoms with E-state index >= 15 is 0 Å². The second-order valence-electron chi connectivity index (χ2n) is 6.44. The van der Waals surface area contributed by atoms with Crippen molar-refractivity contribution in [1.29, 1.82) is 0 Å². The first-order chi connectivity index (χ1) is 11.5. The summed E-state index contributed by atoms with van der Waals surface area (Å²) in [7, 11) is 0. The molecule has 0 bridgehead atoms. The molecule has 1 aliphatic rings. The van der Waals surface area contributed by atoms with Gasteiger partial charge in [0.15, 0.2) is 22.5 Å². The number of hydrogen-bond acceptors (Lipinski definition) is 6. The predicted molar refractivity (Wildman–Crippen MR) is 86.1 cm³/mol. The monoisotopic (exact) mass is 327 g/mol. The molecule has 0 amide bonds. The zero-order valence-electron chi connectivity index (χ0n) is 13.3. The molecule has 3 aromatic rings. The molecule has 24 heavy (non-hydrogen) atoms. The Balaban J connectivity index is 1.65. The third-order valence-corrected chi connectivity index (χ3v) is 4.24. The Morgan fingerprint density at radius 1 is 1.33 bits per heavy atom. The highest BCUT2D eigenvalue weighted by Crippen LogP contribution is 2.37. The summed E-state index contributed by atoms with van der Waals surface area (Å²) in [5.41, 5.74) is 1.00. The molecule has 0 spiro atoms. The molecule has 0 unspecified atom stereocenters. The van der Waals surface area contributed by atoms with E-state index in [0.29, 0.717) is 23.1 Å². The van der Waals surface area contributed by atoms with Crippen LogP contribution in [0.15, 0.2) is 25.0 Å². The van der Waals surface area contributed by atoms with Gasteiger partial charge in [0.05, 0.1) is 18.2 Å². The Kier molecular flexibility index (Phi) is 3.05. The van der Waals surface area contributed by atoms with Gasteiger partial charge in [-0.05, 0) is 26.7 Å². The minimum absolute atomic E-state index is 0.483. The minimum Gasteiger partial charge on any atom is -0.479 e. The molecule has 0 radical (unpaired) electrons. The number of imidazole rings is 1. The number of nitrogens with one attached hydrogen (secondary N) is 1. The van der Waals surface area contributed by atoms with E-state index in [1.807, 2.05) is 0 Å². The van der Waals surface area contributed by atoms with Gasteiger partial charge in [0.2, 0.25) is 0 Å². The number of rotatable bonds is 5. The van der Waals surface area contributed by atoms with Crippen LogP contribution in [0.25, 0.3) is 11.2 Å². The van der Waals surface area contributed by atoms with E-state index in [-0.39, 0.29) is 0 Å². The lowest BCUT2D eigenvalue weighted by Crippen LogP contribution is -2.35. The number of carboxylic acid groups (broad SMARTS) is 1. The normalized spacial score (nSPS) is 14.9. The van der Waals surface area contributed by atoms with Gasteiger partial charge in [-0.25, -0.2) is 19.7 Å². The summed E-state index contributed by atoms with van der Waals surface area (Å²) < 4.78 is 3.47. The Bertz CT molecular complexity index is 923. The summed E-state index contributed by atoms with van der Waals surface area (Å²) >= 11 is 0. The fourth-order valence-electron chi connectivity index (χ4n) is 2.49. The zero-order valence-corrected chi connectivity index (χ0v) is 13.3. The lowest BCUT2D eigenvalue weighted by atomic mass is 10.1. The van der Waals surface area contributed by atoms with E-state index in [0.717, 1.165) is 18.5 Å². The molecule has 3 heterocycles. The molecule has 9 nitrogen and oxygen atoms in total. The number of hydrogen-bond donors (Lipinski definition) is 2. The van der Waals surface area contributed by atoms with Crippen LogP contribution in [0.5, 0.6) is 0 Å². The molecule has 0 atom stereocenters. The van der Waals surface area contributed by atoms with Crippen LogP contribution in [0.1, 0.15) is 32.7 Å². The average molecular weight is 327 g/mol. The van der Waals surface area contributed by atoms with E-state index < -0.39 is 11.5 Å². The Morgan fingerprint density at radius 2 is 2.12 bits per heavy atom. The van der Waals surface area contributed by atoms with Gasteiger partial charge in [0.25, 0.3) is 0 Å². The molecule has 3 aromatic heterocycles. The minimum atomic E-state index is -1.13. The molecule has 9 heteroatoms. The molecule has 1 saturated carbocycles. The first kappa shape index (κ1) is 14.6. The Labute approximate surface area is 137 Å². The standard InChI is InChI=1S/C15H17N7O2/c1-15(2,14(23)24)22-6-9(5-19-22)20-12-11-13(17-7-16-12)21(8-18-11)10-3-4-10/h5-8,10H,3-4H2,1-2H3,(H,23,24)(H,16,17,20). The van der Waals surface area contributed by atoms with Crippen LogP contribution in [0, 0.1) is 0 Å². The van der Waals surface area contributed by atoms with Crippen molar-refractivity contribution in [3.05, 3.63) is 25.0 Å². The first-order valence-corrected chi connectivity index (χ1v) is 7.70. The molecule has 0 aliphatic heterocycles. The average Bonchev–Trinajstić information content (AvgIpc) is 3.10. The number of carboxylic acids is 1. The van der Waals surface area contributed by atoms with E-state index in [9.17, 15) is 9.90 Å². The molecular formula is C15H17N7O2. The van der Waals surface area contributed by atoms with Crippen molar-refractivity contribution in [2.45, 2.75) is 38.3 Å². The lowest BCUT2D eigenvalue weighted by Gasteiger charge is -2.19. The van der Waals surface area contributed by atoms with Crippen LogP contribution in [0.2, 0.25) is 0 Å². The van der Waals surface area contributed by atoms with E-state index in [1.165, 1.54) is 11.0 Å². The number of nitrogens with zero attached hydrogens (tertiary/aromatic N) is 6. The Morgan fingerprint density at radius 3 is 2.83 bits per heavy atom. The maximum Gasteiger partial charge on any atom is 0.331 e. The highest BCUT2D eigenvalue weighted by molar-refractivity contribution is 5.85. The quantitative estimate of drug-likeness (QED) is 0.736. The van der Waals surface area contributed by atoms with Gasteiger partial charge in [-0.1, -0.05) is 0 Å². The summed E-state index contributed by atoms with van der Waals surface area (Å²) in [6.07, 6.45) is 8.79. The zero-order chi connectivity index (χ0) is 16.9. The van der Waals surface area contributed by atoms with Crippen molar-refractivity contribution >= 4 is 28.6 Å². The third-order valence-electron chi connectivity index (χ3n) is 4.24. The highest BCUT2D eigenvalue weighted by atomic mass is 16.4. The molecule has 1 fully saturated rings. The molecule has 4 rings (SSSR count). The van der Waals surface area contributed by atoms with Crippen LogP contribution in [-0.2, 0) is 10.3 Å². The topological polar surface area (TPSA) is 111 Å². The fourth-order valence-corrected chi connectivity index (χ4v) is 2.49. The van der Waals surface area contributed by atoms with Crippen LogP contribution in [0.4, 0.5) is 11.5 Å². The van der Waals surface area contributed by atoms with Gasteiger partial charge >= 0.3 is 5.97 Å². The second kappa shape index (κ2) is 5.02. The van der Waals surface area contributed by atoms with Crippen molar-refractivity contribution in [2.24, 2.45) is 0 Å². The Hall–Kier alpha value is -2.97. The molecule has 2 N–H and O–H groups in total. The molecule has 124 valence electrons. The summed E-state index contributed by atoms with van der Waals surface area (Å²) in [4.78, 5) is 24.3. The summed E-state index contributed by atoms with van der Waals surface area (Å²) in [6.45, 7) is 3.18. The van der Waals surface area contributed by atoms with E-state index in [2.05, 4.69) is 29.9 Å². The number of anilines is 2. The largest absolute Gasteiger partial charge is 0.479 e. The van der Waals surface area contributed by atoms with Gasteiger partial charge in [-0.3, -0.25) is 4.68 Å².